The Kier molecular flexibility index (Phi) is 4.88. The Labute approximate surface area is 171 Å². The monoisotopic (exact) mass is 425 g/mol. The standard InChI is InChI=1S/C17H18Cl2FN7O/c1-24(2)16(28)13-6-10-8-25(4-3-5-27(10)23-13)15-11-9-26(20)14(18)7-12(11)21-17(19)22-15/h6-7H,3-5,8-9H2,1-2H3. The van der Waals surface area contributed by atoms with Crippen molar-refractivity contribution in [2.24, 2.45) is 0 Å². The molecule has 0 radical (unpaired) electrons. The van der Waals surface area contributed by atoms with Gasteiger partial charge < -0.3 is 9.80 Å². The number of fused-ring (bicyclic) bond motifs is 2. The SMILES string of the molecule is CN(C)C(=O)c1cc2n(n1)CCCN(c1nc(Cl)nc3c1CN(F)C(Cl)=C3)C2. The summed E-state index contributed by atoms with van der Waals surface area (Å²) in [6.45, 7) is 1.77. The van der Waals surface area contributed by atoms with Crippen molar-refractivity contribution in [1.82, 2.24) is 29.8 Å². The quantitative estimate of drug-likeness (QED) is 0.418. The van der Waals surface area contributed by atoms with E-state index in [1.54, 1.807) is 20.2 Å². The van der Waals surface area contributed by atoms with E-state index in [0.29, 0.717) is 47.5 Å². The Morgan fingerprint density at radius 2 is 2.00 bits per heavy atom. The van der Waals surface area contributed by atoms with Crippen LogP contribution in [0.25, 0.3) is 6.08 Å². The molecule has 0 aromatic carbocycles. The Hall–Kier alpha value is -2.39. The van der Waals surface area contributed by atoms with E-state index in [4.69, 9.17) is 23.2 Å². The number of amides is 1. The Morgan fingerprint density at radius 1 is 1.21 bits per heavy atom. The molecule has 0 atom stereocenters. The van der Waals surface area contributed by atoms with E-state index < -0.39 is 0 Å². The van der Waals surface area contributed by atoms with Crippen LogP contribution in [0.15, 0.2) is 11.2 Å². The minimum atomic E-state index is -0.151. The second-order valence-corrected chi connectivity index (χ2v) is 7.61. The van der Waals surface area contributed by atoms with Crippen LogP contribution in [0.5, 0.6) is 0 Å². The lowest BCUT2D eigenvalue weighted by Gasteiger charge is -2.27. The van der Waals surface area contributed by atoms with Crippen molar-refractivity contribution < 1.29 is 9.28 Å². The van der Waals surface area contributed by atoms with Crippen molar-refractivity contribution in [1.29, 1.82) is 0 Å². The molecule has 0 saturated carbocycles. The molecule has 0 saturated heterocycles. The maximum absolute atomic E-state index is 14.1. The summed E-state index contributed by atoms with van der Waals surface area (Å²) >= 11 is 12.0. The first-order valence-corrected chi connectivity index (χ1v) is 9.49. The third-order valence-corrected chi connectivity index (χ3v) is 5.18. The van der Waals surface area contributed by atoms with Crippen molar-refractivity contribution >= 4 is 41.0 Å². The van der Waals surface area contributed by atoms with Gasteiger partial charge in [0.15, 0.2) is 5.69 Å². The molecule has 0 N–H and O–H groups in total. The summed E-state index contributed by atoms with van der Waals surface area (Å²) in [5.74, 6) is 0.413. The molecule has 0 aliphatic carbocycles. The van der Waals surface area contributed by atoms with Gasteiger partial charge in [-0.25, -0.2) is 9.97 Å². The maximum atomic E-state index is 14.1. The molecule has 2 aliphatic heterocycles. The molecule has 8 nitrogen and oxygen atoms in total. The highest BCUT2D eigenvalue weighted by Gasteiger charge is 2.27. The van der Waals surface area contributed by atoms with Crippen LogP contribution in [0.1, 0.15) is 33.9 Å². The van der Waals surface area contributed by atoms with Crippen LogP contribution < -0.4 is 4.90 Å². The molecular weight excluding hydrogens is 408 g/mol. The van der Waals surface area contributed by atoms with Gasteiger partial charge in [0, 0.05) is 38.8 Å². The first-order chi connectivity index (χ1) is 13.3. The summed E-state index contributed by atoms with van der Waals surface area (Å²) < 4.78 is 15.9. The van der Waals surface area contributed by atoms with Gasteiger partial charge in [-0.3, -0.25) is 9.48 Å². The lowest BCUT2D eigenvalue weighted by Crippen LogP contribution is -2.28. The summed E-state index contributed by atoms with van der Waals surface area (Å²) in [6, 6.07) is 1.79. The van der Waals surface area contributed by atoms with Crippen molar-refractivity contribution in [3.05, 3.63) is 39.2 Å². The average molecular weight is 426 g/mol. The second-order valence-electron chi connectivity index (χ2n) is 6.89. The number of rotatable bonds is 2. The zero-order chi connectivity index (χ0) is 20.0. The van der Waals surface area contributed by atoms with Gasteiger partial charge in [-0.15, -0.1) is 0 Å². The van der Waals surface area contributed by atoms with Crippen LogP contribution in [0.4, 0.5) is 10.3 Å². The molecule has 4 heterocycles. The molecule has 0 fully saturated rings. The molecule has 1 amide bonds. The number of anilines is 1. The molecular formula is C17H18Cl2FN7O. The van der Waals surface area contributed by atoms with Gasteiger partial charge in [0.25, 0.3) is 5.91 Å². The van der Waals surface area contributed by atoms with Crippen LogP contribution in [0.3, 0.4) is 0 Å². The third kappa shape index (κ3) is 3.40. The number of carbonyl (C=O) groups excluding carboxylic acids is 1. The van der Waals surface area contributed by atoms with Crippen LogP contribution in [-0.2, 0) is 19.6 Å². The van der Waals surface area contributed by atoms with E-state index in [2.05, 4.69) is 15.1 Å². The predicted molar refractivity (Wildman–Crippen MR) is 103 cm³/mol. The number of hydrogen-bond acceptors (Lipinski definition) is 6. The molecule has 0 spiro atoms. The lowest BCUT2D eigenvalue weighted by atomic mass is 10.1. The van der Waals surface area contributed by atoms with E-state index in [1.807, 2.05) is 9.58 Å². The van der Waals surface area contributed by atoms with Gasteiger partial charge in [-0.1, -0.05) is 16.1 Å². The summed E-state index contributed by atoms with van der Waals surface area (Å²) in [4.78, 5) is 24.3. The highest BCUT2D eigenvalue weighted by atomic mass is 35.5. The molecule has 0 unspecified atom stereocenters. The van der Waals surface area contributed by atoms with Gasteiger partial charge >= 0.3 is 0 Å². The van der Waals surface area contributed by atoms with Gasteiger partial charge in [0.05, 0.1) is 24.5 Å². The largest absolute Gasteiger partial charge is 0.350 e. The molecule has 2 aliphatic rings. The average Bonchev–Trinajstić information content (AvgIpc) is 2.93. The minimum Gasteiger partial charge on any atom is -0.350 e. The minimum absolute atomic E-state index is 0.0472. The van der Waals surface area contributed by atoms with Crippen LogP contribution >= 0.6 is 23.2 Å². The topological polar surface area (TPSA) is 70.4 Å². The zero-order valence-corrected chi connectivity index (χ0v) is 16.9. The normalized spacial score (nSPS) is 16.2. The van der Waals surface area contributed by atoms with Gasteiger partial charge in [-0.2, -0.15) is 10.2 Å². The van der Waals surface area contributed by atoms with Gasteiger partial charge in [0.1, 0.15) is 11.0 Å². The molecule has 28 heavy (non-hydrogen) atoms. The summed E-state index contributed by atoms with van der Waals surface area (Å²) in [7, 11) is 3.38. The summed E-state index contributed by atoms with van der Waals surface area (Å²) in [5, 5.41) is 4.90. The third-order valence-electron chi connectivity index (χ3n) is 4.71. The number of carbonyl (C=O) groups is 1. The summed E-state index contributed by atoms with van der Waals surface area (Å²) in [6.07, 6.45) is 2.23. The fourth-order valence-corrected chi connectivity index (χ4v) is 3.70. The Bertz CT molecular complexity index is 975. The molecule has 0 bridgehead atoms. The maximum Gasteiger partial charge on any atom is 0.273 e. The molecule has 4 rings (SSSR count). The molecule has 148 valence electrons. The van der Waals surface area contributed by atoms with E-state index in [-0.39, 0.29) is 22.9 Å². The Balaban J connectivity index is 1.71. The van der Waals surface area contributed by atoms with E-state index in [1.165, 1.54) is 11.0 Å². The lowest BCUT2D eigenvalue weighted by molar-refractivity contribution is 0.0717. The molecule has 2 aromatic heterocycles. The Morgan fingerprint density at radius 3 is 2.75 bits per heavy atom. The van der Waals surface area contributed by atoms with Crippen molar-refractivity contribution in [2.45, 2.75) is 26.1 Å². The summed E-state index contributed by atoms with van der Waals surface area (Å²) in [5.41, 5.74) is 2.41. The number of nitrogens with zero attached hydrogens (tertiary/aromatic N) is 7. The predicted octanol–water partition coefficient (Wildman–Crippen LogP) is 2.68. The number of aryl methyl sites for hydroxylation is 1. The highest BCUT2D eigenvalue weighted by molar-refractivity contribution is 6.31. The zero-order valence-electron chi connectivity index (χ0n) is 15.4. The number of aromatic nitrogens is 4. The first-order valence-electron chi connectivity index (χ1n) is 8.73. The van der Waals surface area contributed by atoms with Gasteiger partial charge in [-0.05, 0) is 24.1 Å². The van der Waals surface area contributed by atoms with Crippen LogP contribution in [0, 0.1) is 0 Å². The van der Waals surface area contributed by atoms with Crippen molar-refractivity contribution in [3.8, 4) is 0 Å². The first kappa shape index (κ1) is 18.9. The molecule has 2 aromatic rings. The molecule has 11 heteroatoms. The number of halogens is 3. The van der Waals surface area contributed by atoms with Crippen LogP contribution in [0.2, 0.25) is 5.28 Å². The smallest absolute Gasteiger partial charge is 0.273 e. The van der Waals surface area contributed by atoms with Crippen molar-refractivity contribution in [2.75, 3.05) is 25.5 Å². The highest BCUT2D eigenvalue weighted by Crippen LogP contribution is 2.33. The van der Waals surface area contributed by atoms with Crippen molar-refractivity contribution in [3.63, 3.8) is 0 Å². The van der Waals surface area contributed by atoms with Crippen LogP contribution in [-0.4, -0.2) is 56.3 Å². The second kappa shape index (κ2) is 7.21. The van der Waals surface area contributed by atoms with E-state index in [9.17, 15) is 9.28 Å². The fraction of sp³-hybridized carbons (Fsp3) is 0.412. The fourth-order valence-electron chi connectivity index (χ4n) is 3.37. The van der Waals surface area contributed by atoms with E-state index in [0.717, 1.165) is 12.1 Å². The van der Waals surface area contributed by atoms with E-state index >= 15 is 0 Å². The number of hydrogen-bond donors (Lipinski definition) is 0. The van der Waals surface area contributed by atoms with Gasteiger partial charge in [0.2, 0.25) is 5.28 Å².